The maximum atomic E-state index is 9.98. The van der Waals surface area contributed by atoms with Gasteiger partial charge in [-0.1, -0.05) is 0 Å². The molecule has 0 saturated heterocycles. The van der Waals surface area contributed by atoms with E-state index >= 15 is 0 Å². The number of aliphatic hydroxyl groups is 1. The second kappa shape index (κ2) is 4.71. The van der Waals surface area contributed by atoms with Crippen molar-refractivity contribution in [2.45, 2.75) is 32.4 Å². The Morgan fingerprint density at radius 2 is 2.31 bits per heavy atom. The fourth-order valence-corrected chi connectivity index (χ4v) is 2.12. The summed E-state index contributed by atoms with van der Waals surface area (Å²) in [6.45, 7) is 4.08. The molecule has 2 rings (SSSR count). The van der Waals surface area contributed by atoms with E-state index in [0.717, 1.165) is 10.7 Å². The standard InChI is InChI=1S/C10H14N4OS/c1-7(2)14-10(12-5-13-14)3-8(15)9-4-11-6-16-9/h4-8,15H,3H2,1-2H3. The second-order valence-corrected chi connectivity index (χ2v) is 4.76. The second-order valence-electron chi connectivity index (χ2n) is 3.84. The molecule has 2 aromatic rings. The Morgan fingerprint density at radius 3 is 2.94 bits per heavy atom. The molecule has 1 atom stereocenters. The first kappa shape index (κ1) is 11.2. The zero-order chi connectivity index (χ0) is 11.5. The SMILES string of the molecule is CC(C)n1ncnc1CC(O)c1cncs1. The van der Waals surface area contributed by atoms with Crippen molar-refractivity contribution in [3.8, 4) is 0 Å². The molecule has 86 valence electrons. The maximum absolute atomic E-state index is 9.98. The summed E-state index contributed by atoms with van der Waals surface area (Å²) in [7, 11) is 0. The molecular formula is C10H14N4OS. The van der Waals surface area contributed by atoms with E-state index < -0.39 is 6.10 Å². The molecule has 0 aliphatic heterocycles. The molecule has 0 bridgehead atoms. The molecule has 5 nitrogen and oxygen atoms in total. The average Bonchev–Trinajstić information content (AvgIpc) is 2.86. The summed E-state index contributed by atoms with van der Waals surface area (Å²) in [5.41, 5.74) is 1.71. The van der Waals surface area contributed by atoms with Crippen LogP contribution in [0.15, 0.2) is 18.0 Å². The molecule has 0 radical (unpaired) electrons. The highest BCUT2D eigenvalue weighted by Gasteiger charge is 2.15. The summed E-state index contributed by atoms with van der Waals surface area (Å²) in [4.78, 5) is 8.97. The molecule has 2 heterocycles. The number of thiazole rings is 1. The fraction of sp³-hybridized carbons (Fsp3) is 0.500. The minimum Gasteiger partial charge on any atom is -0.387 e. The van der Waals surface area contributed by atoms with Gasteiger partial charge in [0.1, 0.15) is 12.2 Å². The first-order chi connectivity index (χ1) is 7.68. The highest BCUT2D eigenvalue weighted by Crippen LogP contribution is 2.21. The predicted molar refractivity (Wildman–Crippen MR) is 61.2 cm³/mol. The molecule has 1 unspecified atom stereocenters. The Balaban J connectivity index is 2.12. The minimum atomic E-state index is -0.547. The number of hydrogen-bond acceptors (Lipinski definition) is 5. The summed E-state index contributed by atoms with van der Waals surface area (Å²) < 4.78 is 1.82. The maximum Gasteiger partial charge on any atom is 0.138 e. The third-order valence-corrected chi connectivity index (χ3v) is 3.17. The number of aromatic nitrogens is 4. The molecule has 0 aliphatic carbocycles. The Kier molecular flexibility index (Phi) is 3.31. The Bertz CT molecular complexity index is 437. The van der Waals surface area contributed by atoms with Crippen LogP contribution in [0.4, 0.5) is 0 Å². The number of nitrogens with zero attached hydrogens (tertiary/aromatic N) is 4. The Hall–Kier alpha value is -1.27. The van der Waals surface area contributed by atoms with E-state index in [9.17, 15) is 5.11 Å². The van der Waals surface area contributed by atoms with Crippen LogP contribution in [0.1, 0.15) is 36.7 Å². The van der Waals surface area contributed by atoms with Gasteiger partial charge in [0, 0.05) is 18.7 Å². The van der Waals surface area contributed by atoms with Crippen molar-refractivity contribution in [1.29, 1.82) is 0 Å². The predicted octanol–water partition coefficient (Wildman–Crippen LogP) is 1.59. The molecule has 16 heavy (non-hydrogen) atoms. The van der Waals surface area contributed by atoms with Crippen molar-refractivity contribution in [2.75, 3.05) is 0 Å². The largest absolute Gasteiger partial charge is 0.387 e. The van der Waals surface area contributed by atoms with Crippen molar-refractivity contribution in [1.82, 2.24) is 19.7 Å². The molecule has 2 aromatic heterocycles. The summed E-state index contributed by atoms with van der Waals surface area (Å²) in [5, 5.41) is 14.1. The molecule has 0 amide bonds. The van der Waals surface area contributed by atoms with Crippen molar-refractivity contribution < 1.29 is 5.11 Å². The van der Waals surface area contributed by atoms with Gasteiger partial charge >= 0.3 is 0 Å². The molecule has 0 aromatic carbocycles. The molecule has 0 saturated carbocycles. The van der Waals surface area contributed by atoms with Gasteiger partial charge in [0.15, 0.2) is 0 Å². The van der Waals surface area contributed by atoms with Crippen LogP contribution in [0.5, 0.6) is 0 Å². The topological polar surface area (TPSA) is 63.8 Å². The fourth-order valence-electron chi connectivity index (χ4n) is 1.52. The van der Waals surface area contributed by atoms with E-state index in [1.807, 2.05) is 18.5 Å². The molecule has 0 fully saturated rings. The highest BCUT2D eigenvalue weighted by atomic mass is 32.1. The number of aliphatic hydroxyl groups excluding tert-OH is 1. The van der Waals surface area contributed by atoms with Crippen LogP contribution in [0, 0.1) is 0 Å². The van der Waals surface area contributed by atoms with Crippen LogP contribution in [0.2, 0.25) is 0 Å². The lowest BCUT2D eigenvalue weighted by Crippen LogP contribution is -2.11. The lowest BCUT2D eigenvalue weighted by atomic mass is 10.2. The van der Waals surface area contributed by atoms with Gasteiger partial charge in [-0.2, -0.15) is 5.10 Å². The van der Waals surface area contributed by atoms with Gasteiger partial charge in [0.05, 0.1) is 16.5 Å². The van der Waals surface area contributed by atoms with Crippen LogP contribution in [0.3, 0.4) is 0 Å². The van der Waals surface area contributed by atoms with Crippen LogP contribution in [-0.4, -0.2) is 24.9 Å². The van der Waals surface area contributed by atoms with Crippen molar-refractivity contribution in [3.63, 3.8) is 0 Å². The van der Waals surface area contributed by atoms with E-state index in [-0.39, 0.29) is 6.04 Å². The number of rotatable bonds is 4. The highest BCUT2D eigenvalue weighted by molar-refractivity contribution is 7.09. The average molecular weight is 238 g/mol. The lowest BCUT2D eigenvalue weighted by molar-refractivity contribution is 0.177. The first-order valence-corrected chi connectivity index (χ1v) is 6.01. The summed E-state index contributed by atoms with van der Waals surface area (Å²) in [6.07, 6.45) is 3.13. The molecule has 0 spiro atoms. The van der Waals surface area contributed by atoms with Crippen LogP contribution in [0.25, 0.3) is 0 Å². The third kappa shape index (κ3) is 2.28. The summed E-state index contributed by atoms with van der Waals surface area (Å²) in [5.74, 6) is 0.802. The van der Waals surface area contributed by atoms with Crippen molar-refractivity contribution in [2.24, 2.45) is 0 Å². The van der Waals surface area contributed by atoms with Gasteiger partial charge in [-0.3, -0.25) is 4.98 Å². The van der Waals surface area contributed by atoms with Crippen LogP contribution < -0.4 is 0 Å². The minimum absolute atomic E-state index is 0.256. The monoisotopic (exact) mass is 238 g/mol. The zero-order valence-electron chi connectivity index (χ0n) is 9.24. The van der Waals surface area contributed by atoms with E-state index in [1.165, 1.54) is 17.7 Å². The van der Waals surface area contributed by atoms with E-state index in [0.29, 0.717) is 6.42 Å². The molecular weight excluding hydrogens is 224 g/mol. The Labute approximate surface area is 97.8 Å². The first-order valence-electron chi connectivity index (χ1n) is 5.13. The molecule has 1 N–H and O–H groups in total. The van der Waals surface area contributed by atoms with Gasteiger partial charge in [0.2, 0.25) is 0 Å². The normalized spacial score (nSPS) is 13.2. The zero-order valence-corrected chi connectivity index (χ0v) is 10.1. The quantitative estimate of drug-likeness (QED) is 0.878. The van der Waals surface area contributed by atoms with Gasteiger partial charge in [-0.15, -0.1) is 11.3 Å². The van der Waals surface area contributed by atoms with E-state index in [1.54, 1.807) is 11.7 Å². The van der Waals surface area contributed by atoms with Crippen molar-refractivity contribution >= 4 is 11.3 Å². The van der Waals surface area contributed by atoms with Crippen molar-refractivity contribution in [3.05, 3.63) is 28.7 Å². The van der Waals surface area contributed by atoms with Gasteiger partial charge in [0.25, 0.3) is 0 Å². The van der Waals surface area contributed by atoms with E-state index in [2.05, 4.69) is 15.1 Å². The van der Waals surface area contributed by atoms with Gasteiger partial charge in [-0.25, -0.2) is 9.67 Å². The van der Waals surface area contributed by atoms with Gasteiger partial charge in [-0.05, 0) is 13.8 Å². The smallest absolute Gasteiger partial charge is 0.138 e. The van der Waals surface area contributed by atoms with Crippen LogP contribution in [-0.2, 0) is 6.42 Å². The Morgan fingerprint density at radius 1 is 1.50 bits per heavy atom. The summed E-state index contributed by atoms with van der Waals surface area (Å²) >= 11 is 1.45. The molecule has 6 heteroatoms. The molecule has 0 aliphatic rings. The van der Waals surface area contributed by atoms with E-state index in [4.69, 9.17) is 0 Å². The summed E-state index contributed by atoms with van der Waals surface area (Å²) in [6, 6.07) is 0.256. The third-order valence-electron chi connectivity index (χ3n) is 2.29. The van der Waals surface area contributed by atoms with Gasteiger partial charge < -0.3 is 5.11 Å². The van der Waals surface area contributed by atoms with Crippen LogP contribution >= 0.6 is 11.3 Å². The lowest BCUT2D eigenvalue weighted by Gasteiger charge is -2.11. The number of hydrogen-bond donors (Lipinski definition) is 1.